The van der Waals surface area contributed by atoms with Crippen LogP contribution in [-0.2, 0) is 0 Å². The molecule has 0 amide bonds. The Morgan fingerprint density at radius 3 is 3.21 bits per heavy atom. The van der Waals surface area contributed by atoms with Gasteiger partial charge < -0.3 is 15.6 Å². The molecule has 2 aromatic rings. The van der Waals surface area contributed by atoms with Crippen molar-refractivity contribution in [1.82, 2.24) is 10.1 Å². The molecule has 3 N–H and O–H groups in total. The molecule has 0 saturated carbocycles. The molecular weight excluding hydrogens is 180 g/mol. The van der Waals surface area contributed by atoms with Crippen molar-refractivity contribution in [2.45, 2.75) is 6.92 Å². The number of fused-ring (bicyclic) bond motifs is 1. The zero-order chi connectivity index (χ0) is 9.97. The van der Waals surface area contributed by atoms with E-state index >= 15 is 0 Å². The molecule has 0 aliphatic rings. The summed E-state index contributed by atoms with van der Waals surface area (Å²) in [6.07, 6.45) is 1.69. The smallest absolute Gasteiger partial charge is 0.172 e. The molecule has 0 spiro atoms. The second kappa shape index (κ2) is 3.63. The number of aromatic nitrogens is 2. The number of rotatable bonds is 3. The summed E-state index contributed by atoms with van der Waals surface area (Å²) in [5.41, 5.74) is 6.99. The molecule has 0 aromatic carbocycles. The molecule has 2 rings (SSSR count). The first kappa shape index (κ1) is 8.96. The average Bonchev–Trinajstić information content (AvgIpc) is 2.58. The molecule has 5 nitrogen and oxygen atoms in total. The van der Waals surface area contributed by atoms with E-state index in [0.717, 1.165) is 22.5 Å². The molecule has 5 heteroatoms. The zero-order valence-electron chi connectivity index (χ0n) is 7.95. The lowest BCUT2D eigenvalue weighted by Gasteiger charge is -2.03. The van der Waals surface area contributed by atoms with Crippen molar-refractivity contribution in [2.75, 3.05) is 18.4 Å². The van der Waals surface area contributed by atoms with E-state index in [4.69, 9.17) is 10.3 Å². The molecule has 2 heterocycles. The number of hydrogen-bond acceptors (Lipinski definition) is 5. The van der Waals surface area contributed by atoms with E-state index in [1.165, 1.54) is 0 Å². The molecule has 2 aromatic heterocycles. The average molecular weight is 192 g/mol. The van der Waals surface area contributed by atoms with Crippen molar-refractivity contribution >= 4 is 16.8 Å². The van der Waals surface area contributed by atoms with Gasteiger partial charge in [0.05, 0.1) is 11.1 Å². The lowest BCUT2D eigenvalue weighted by molar-refractivity contribution is 0.450. The third kappa shape index (κ3) is 1.42. The highest BCUT2D eigenvalue weighted by Crippen LogP contribution is 2.23. The van der Waals surface area contributed by atoms with Crippen LogP contribution in [0.1, 0.15) is 5.69 Å². The largest absolute Gasteiger partial charge is 0.368 e. The van der Waals surface area contributed by atoms with Gasteiger partial charge in [-0.1, -0.05) is 5.16 Å². The summed E-state index contributed by atoms with van der Waals surface area (Å²) in [4.78, 5) is 4.21. The topological polar surface area (TPSA) is 77.0 Å². The molecule has 14 heavy (non-hydrogen) atoms. The Bertz CT molecular complexity index is 437. The van der Waals surface area contributed by atoms with E-state index in [0.29, 0.717) is 13.1 Å². The minimum atomic E-state index is 0.572. The summed E-state index contributed by atoms with van der Waals surface area (Å²) in [6, 6.07) is 1.79. The van der Waals surface area contributed by atoms with Crippen molar-refractivity contribution < 1.29 is 4.52 Å². The van der Waals surface area contributed by atoms with Gasteiger partial charge in [0, 0.05) is 25.4 Å². The number of nitrogens with zero attached hydrogens (tertiary/aromatic N) is 2. The van der Waals surface area contributed by atoms with Crippen LogP contribution in [-0.4, -0.2) is 23.2 Å². The summed E-state index contributed by atoms with van der Waals surface area (Å²) in [6.45, 7) is 3.15. The second-order valence-electron chi connectivity index (χ2n) is 3.02. The van der Waals surface area contributed by atoms with E-state index in [1.807, 2.05) is 6.92 Å². The number of anilines is 1. The standard InChI is InChI=1S/C9H12N4O/c1-6-8-7(14-13-6)2-4-11-9(8)12-5-3-10/h2,4H,3,5,10H2,1H3,(H,11,12). The van der Waals surface area contributed by atoms with Gasteiger partial charge in [-0.05, 0) is 6.92 Å². The van der Waals surface area contributed by atoms with E-state index < -0.39 is 0 Å². The van der Waals surface area contributed by atoms with Crippen LogP contribution in [0.15, 0.2) is 16.8 Å². The van der Waals surface area contributed by atoms with Gasteiger partial charge in [0.2, 0.25) is 0 Å². The number of pyridine rings is 1. The lowest BCUT2D eigenvalue weighted by atomic mass is 10.2. The molecule has 0 aliphatic heterocycles. The molecule has 0 aliphatic carbocycles. The fraction of sp³-hybridized carbons (Fsp3) is 0.333. The van der Waals surface area contributed by atoms with Crippen molar-refractivity contribution in [3.8, 4) is 0 Å². The van der Waals surface area contributed by atoms with E-state index in [2.05, 4.69) is 15.5 Å². The summed E-state index contributed by atoms with van der Waals surface area (Å²) >= 11 is 0. The first-order chi connectivity index (χ1) is 6.83. The molecule has 74 valence electrons. The van der Waals surface area contributed by atoms with Crippen LogP contribution in [0.2, 0.25) is 0 Å². The van der Waals surface area contributed by atoms with Crippen LogP contribution < -0.4 is 11.1 Å². The van der Waals surface area contributed by atoms with Gasteiger partial charge in [-0.3, -0.25) is 0 Å². The van der Waals surface area contributed by atoms with E-state index in [-0.39, 0.29) is 0 Å². The highest BCUT2D eigenvalue weighted by atomic mass is 16.5. The summed E-state index contributed by atoms with van der Waals surface area (Å²) in [5, 5.41) is 7.94. The van der Waals surface area contributed by atoms with E-state index in [1.54, 1.807) is 12.3 Å². The van der Waals surface area contributed by atoms with Crippen LogP contribution in [0.5, 0.6) is 0 Å². The van der Waals surface area contributed by atoms with Gasteiger partial charge in [-0.25, -0.2) is 4.98 Å². The quantitative estimate of drug-likeness (QED) is 0.755. The number of nitrogens with two attached hydrogens (primary N) is 1. The number of nitrogens with one attached hydrogen (secondary N) is 1. The Kier molecular flexibility index (Phi) is 2.32. The van der Waals surface area contributed by atoms with Crippen molar-refractivity contribution in [1.29, 1.82) is 0 Å². The van der Waals surface area contributed by atoms with Crippen LogP contribution >= 0.6 is 0 Å². The van der Waals surface area contributed by atoms with Gasteiger partial charge in [0.15, 0.2) is 5.58 Å². The number of hydrogen-bond donors (Lipinski definition) is 2. The minimum Gasteiger partial charge on any atom is -0.368 e. The maximum absolute atomic E-state index is 5.40. The molecule has 0 bridgehead atoms. The second-order valence-corrected chi connectivity index (χ2v) is 3.02. The van der Waals surface area contributed by atoms with Gasteiger partial charge >= 0.3 is 0 Å². The Morgan fingerprint density at radius 2 is 2.43 bits per heavy atom. The Morgan fingerprint density at radius 1 is 1.57 bits per heavy atom. The zero-order valence-corrected chi connectivity index (χ0v) is 7.95. The highest BCUT2D eigenvalue weighted by molar-refractivity contribution is 5.89. The van der Waals surface area contributed by atoms with Crippen LogP contribution in [0, 0.1) is 6.92 Å². The fourth-order valence-electron chi connectivity index (χ4n) is 1.36. The predicted octanol–water partition coefficient (Wildman–Crippen LogP) is 0.902. The Balaban J connectivity index is 2.46. The minimum absolute atomic E-state index is 0.572. The fourth-order valence-corrected chi connectivity index (χ4v) is 1.36. The maximum atomic E-state index is 5.40. The molecule has 0 fully saturated rings. The third-order valence-electron chi connectivity index (χ3n) is 1.99. The van der Waals surface area contributed by atoms with Crippen molar-refractivity contribution in [3.05, 3.63) is 18.0 Å². The molecular formula is C9H12N4O. The number of aryl methyl sites for hydroxylation is 1. The predicted molar refractivity (Wildman–Crippen MR) is 54.1 cm³/mol. The van der Waals surface area contributed by atoms with Gasteiger partial charge in [0.1, 0.15) is 5.82 Å². The summed E-state index contributed by atoms with van der Waals surface area (Å²) in [7, 11) is 0. The molecule has 0 atom stereocenters. The molecule has 0 saturated heterocycles. The van der Waals surface area contributed by atoms with Crippen molar-refractivity contribution in [3.63, 3.8) is 0 Å². The monoisotopic (exact) mass is 192 g/mol. The summed E-state index contributed by atoms with van der Waals surface area (Å²) < 4.78 is 5.11. The highest BCUT2D eigenvalue weighted by Gasteiger charge is 2.09. The van der Waals surface area contributed by atoms with Crippen LogP contribution in [0.4, 0.5) is 5.82 Å². The Labute approximate surface area is 81.3 Å². The van der Waals surface area contributed by atoms with Gasteiger partial charge in [-0.2, -0.15) is 0 Å². The van der Waals surface area contributed by atoms with Crippen molar-refractivity contribution in [2.24, 2.45) is 5.73 Å². The lowest BCUT2D eigenvalue weighted by Crippen LogP contribution is -2.14. The first-order valence-corrected chi connectivity index (χ1v) is 4.48. The Hall–Kier alpha value is -1.62. The van der Waals surface area contributed by atoms with E-state index in [9.17, 15) is 0 Å². The first-order valence-electron chi connectivity index (χ1n) is 4.48. The third-order valence-corrected chi connectivity index (χ3v) is 1.99. The summed E-state index contributed by atoms with van der Waals surface area (Å²) in [5.74, 6) is 0.784. The molecule has 0 radical (unpaired) electrons. The normalized spacial score (nSPS) is 10.7. The van der Waals surface area contributed by atoms with Crippen LogP contribution in [0.25, 0.3) is 11.0 Å². The molecule has 0 unspecified atom stereocenters. The SMILES string of the molecule is Cc1noc2ccnc(NCCN)c12. The maximum Gasteiger partial charge on any atom is 0.172 e. The van der Waals surface area contributed by atoms with Gasteiger partial charge in [0.25, 0.3) is 0 Å². The van der Waals surface area contributed by atoms with Gasteiger partial charge in [-0.15, -0.1) is 0 Å². The van der Waals surface area contributed by atoms with Crippen LogP contribution in [0.3, 0.4) is 0 Å².